The number of aromatic nitrogens is 1. The fraction of sp³-hybridized carbons (Fsp3) is 0.312. The molecule has 0 radical (unpaired) electrons. The van der Waals surface area contributed by atoms with E-state index >= 15 is 0 Å². The van der Waals surface area contributed by atoms with E-state index in [1.807, 2.05) is 31.3 Å². The molecule has 19 heavy (non-hydrogen) atoms. The number of carbonyl (C=O) groups is 1. The van der Waals surface area contributed by atoms with Gasteiger partial charge >= 0.3 is 0 Å². The van der Waals surface area contributed by atoms with E-state index in [0.29, 0.717) is 6.54 Å². The van der Waals surface area contributed by atoms with E-state index in [9.17, 15) is 4.79 Å². The van der Waals surface area contributed by atoms with Crippen molar-refractivity contribution < 1.29 is 4.79 Å². The number of carbonyl (C=O) groups excluding carboxylic acids is 1. The molecule has 1 heterocycles. The molecule has 0 atom stereocenters. The summed E-state index contributed by atoms with van der Waals surface area (Å²) in [5, 5.41) is 3.94. The lowest BCUT2D eigenvalue weighted by Crippen LogP contribution is -2.23. The van der Waals surface area contributed by atoms with E-state index in [2.05, 4.69) is 29.5 Å². The number of nitrogens with one attached hydrogen (secondary N) is 1. The van der Waals surface area contributed by atoms with Gasteiger partial charge in [0.15, 0.2) is 0 Å². The van der Waals surface area contributed by atoms with Crippen molar-refractivity contribution in [3.63, 3.8) is 0 Å². The van der Waals surface area contributed by atoms with Crippen LogP contribution in [0, 0.1) is 0 Å². The van der Waals surface area contributed by atoms with Crippen molar-refractivity contribution in [2.75, 3.05) is 6.54 Å². The monoisotopic (exact) mass is 256 g/mol. The molecule has 1 aromatic carbocycles. The third-order valence-electron chi connectivity index (χ3n) is 3.26. The molecule has 2 aromatic rings. The first-order valence-electron chi connectivity index (χ1n) is 6.74. The molecule has 100 valence electrons. The van der Waals surface area contributed by atoms with Crippen molar-refractivity contribution in [2.24, 2.45) is 0 Å². The van der Waals surface area contributed by atoms with Crippen molar-refractivity contribution in [1.29, 1.82) is 0 Å². The van der Waals surface area contributed by atoms with Gasteiger partial charge in [-0.05, 0) is 25.0 Å². The topological polar surface area (TPSA) is 34.0 Å². The molecule has 0 saturated carbocycles. The maximum Gasteiger partial charge on any atom is 0.253 e. The molecule has 0 aliphatic heterocycles. The van der Waals surface area contributed by atoms with E-state index in [0.717, 1.165) is 35.0 Å². The van der Waals surface area contributed by atoms with Gasteiger partial charge in [0.1, 0.15) is 0 Å². The summed E-state index contributed by atoms with van der Waals surface area (Å²) in [6.07, 6.45) is 4.70. The van der Waals surface area contributed by atoms with Gasteiger partial charge in [-0.2, -0.15) is 0 Å². The van der Waals surface area contributed by atoms with E-state index in [1.54, 1.807) is 0 Å². The molecule has 0 aliphatic rings. The molecule has 1 aromatic heterocycles. The Morgan fingerprint density at radius 1 is 1.42 bits per heavy atom. The Kier molecular flexibility index (Phi) is 4.05. The van der Waals surface area contributed by atoms with Gasteiger partial charge in [-0.25, -0.2) is 0 Å². The normalized spacial score (nSPS) is 10.6. The number of hydrogen-bond acceptors (Lipinski definition) is 1. The summed E-state index contributed by atoms with van der Waals surface area (Å²) in [6, 6.07) is 6.06. The summed E-state index contributed by atoms with van der Waals surface area (Å²) in [6.45, 7) is 9.47. The van der Waals surface area contributed by atoms with Gasteiger partial charge < -0.3 is 9.88 Å². The molecule has 3 heteroatoms. The molecule has 0 saturated heterocycles. The van der Waals surface area contributed by atoms with Gasteiger partial charge in [0.05, 0.1) is 5.56 Å². The second kappa shape index (κ2) is 5.74. The van der Waals surface area contributed by atoms with Crippen LogP contribution in [-0.4, -0.2) is 17.0 Å². The summed E-state index contributed by atoms with van der Waals surface area (Å²) in [5.74, 6) is 0.00500. The highest BCUT2D eigenvalue weighted by atomic mass is 16.1. The van der Waals surface area contributed by atoms with Crippen LogP contribution in [0.2, 0.25) is 0 Å². The van der Waals surface area contributed by atoms with E-state index in [4.69, 9.17) is 0 Å². The average molecular weight is 256 g/mol. The fourth-order valence-electron chi connectivity index (χ4n) is 2.21. The largest absolute Gasteiger partial charge is 0.352 e. The first-order chi connectivity index (χ1) is 9.21. The van der Waals surface area contributed by atoms with Crippen LogP contribution in [0.15, 0.2) is 31.0 Å². The van der Waals surface area contributed by atoms with E-state index in [1.165, 1.54) is 0 Å². The first-order valence-corrected chi connectivity index (χ1v) is 6.74. The molecule has 0 bridgehead atoms. The average Bonchev–Trinajstić information content (AvgIpc) is 2.82. The van der Waals surface area contributed by atoms with Crippen LogP contribution < -0.4 is 5.32 Å². The van der Waals surface area contributed by atoms with Gasteiger partial charge in [0, 0.05) is 30.2 Å². The molecule has 2 rings (SSSR count). The van der Waals surface area contributed by atoms with Gasteiger partial charge in [0.25, 0.3) is 5.91 Å². The summed E-state index contributed by atoms with van der Waals surface area (Å²) < 4.78 is 2.10. The van der Waals surface area contributed by atoms with Crippen LogP contribution in [0.5, 0.6) is 0 Å². The van der Waals surface area contributed by atoms with Crippen LogP contribution in [0.25, 0.3) is 17.0 Å². The SMILES string of the molecule is C=Cc1ccc2c(C(=O)NCCC)cn(CC)c2c1. The number of aryl methyl sites for hydroxylation is 1. The van der Waals surface area contributed by atoms with Gasteiger partial charge in [-0.15, -0.1) is 0 Å². The minimum Gasteiger partial charge on any atom is -0.352 e. The highest BCUT2D eigenvalue weighted by molar-refractivity contribution is 6.07. The summed E-state index contributed by atoms with van der Waals surface area (Å²) in [7, 11) is 0. The predicted molar refractivity (Wildman–Crippen MR) is 80.3 cm³/mol. The zero-order valence-corrected chi connectivity index (χ0v) is 11.6. The third kappa shape index (κ3) is 2.55. The third-order valence-corrected chi connectivity index (χ3v) is 3.26. The molecule has 1 N–H and O–H groups in total. The lowest BCUT2D eigenvalue weighted by atomic mass is 10.1. The number of fused-ring (bicyclic) bond motifs is 1. The molecule has 0 spiro atoms. The predicted octanol–water partition coefficient (Wildman–Crippen LogP) is 3.44. The summed E-state index contributed by atoms with van der Waals surface area (Å²) in [4.78, 5) is 12.2. The number of nitrogens with zero attached hydrogens (tertiary/aromatic N) is 1. The van der Waals surface area contributed by atoms with Gasteiger partial charge in [-0.1, -0.05) is 31.7 Å². The Morgan fingerprint density at radius 2 is 2.21 bits per heavy atom. The number of hydrogen-bond donors (Lipinski definition) is 1. The van der Waals surface area contributed by atoms with Crippen molar-refractivity contribution in [3.8, 4) is 0 Å². The Labute approximate surface area is 113 Å². The van der Waals surface area contributed by atoms with Gasteiger partial charge in [-0.3, -0.25) is 4.79 Å². The zero-order valence-electron chi connectivity index (χ0n) is 11.6. The van der Waals surface area contributed by atoms with Crippen molar-refractivity contribution in [3.05, 3.63) is 42.1 Å². The van der Waals surface area contributed by atoms with Crippen molar-refractivity contribution >= 4 is 22.9 Å². The molecule has 0 aliphatic carbocycles. The zero-order chi connectivity index (χ0) is 13.8. The number of benzene rings is 1. The quantitative estimate of drug-likeness (QED) is 0.873. The Balaban J connectivity index is 2.50. The number of rotatable bonds is 5. The maximum atomic E-state index is 12.2. The van der Waals surface area contributed by atoms with E-state index < -0.39 is 0 Å². The van der Waals surface area contributed by atoms with Crippen molar-refractivity contribution in [1.82, 2.24) is 9.88 Å². The first kappa shape index (κ1) is 13.4. The lowest BCUT2D eigenvalue weighted by Gasteiger charge is -2.02. The van der Waals surface area contributed by atoms with Crippen LogP contribution in [0.1, 0.15) is 36.2 Å². The second-order valence-corrected chi connectivity index (χ2v) is 4.57. The molecule has 3 nitrogen and oxygen atoms in total. The van der Waals surface area contributed by atoms with Crippen LogP contribution >= 0.6 is 0 Å². The fourth-order valence-corrected chi connectivity index (χ4v) is 2.21. The van der Waals surface area contributed by atoms with Crippen LogP contribution in [0.3, 0.4) is 0 Å². The number of amides is 1. The molecule has 1 amide bonds. The Morgan fingerprint density at radius 3 is 2.84 bits per heavy atom. The summed E-state index contributed by atoms with van der Waals surface area (Å²) >= 11 is 0. The maximum absolute atomic E-state index is 12.2. The molecular weight excluding hydrogens is 236 g/mol. The highest BCUT2D eigenvalue weighted by Gasteiger charge is 2.14. The van der Waals surface area contributed by atoms with E-state index in [-0.39, 0.29) is 5.91 Å². The minimum absolute atomic E-state index is 0.00500. The Hall–Kier alpha value is -2.03. The minimum atomic E-state index is 0.00500. The summed E-state index contributed by atoms with van der Waals surface area (Å²) in [5.41, 5.74) is 2.91. The highest BCUT2D eigenvalue weighted by Crippen LogP contribution is 2.23. The second-order valence-electron chi connectivity index (χ2n) is 4.57. The molecule has 0 fully saturated rings. The Bertz CT molecular complexity index is 610. The standard InChI is InChI=1S/C16H20N2O/c1-4-9-17-16(19)14-11-18(6-3)15-10-12(5-2)7-8-13(14)15/h5,7-8,10-11H,2,4,6,9H2,1,3H3,(H,17,19). The van der Waals surface area contributed by atoms with Crippen LogP contribution in [-0.2, 0) is 6.54 Å². The smallest absolute Gasteiger partial charge is 0.253 e. The molecular formula is C16H20N2O. The van der Waals surface area contributed by atoms with Crippen LogP contribution in [0.4, 0.5) is 0 Å². The van der Waals surface area contributed by atoms with Gasteiger partial charge in [0.2, 0.25) is 0 Å². The van der Waals surface area contributed by atoms with Crippen molar-refractivity contribution in [2.45, 2.75) is 26.8 Å². The molecule has 0 unspecified atom stereocenters. The lowest BCUT2D eigenvalue weighted by molar-refractivity contribution is 0.0955.